The van der Waals surface area contributed by atoms with Crippen LogP contribution >= 0.6 is 0 Å². The van der Waals surface area contributed by atoms with Gasteiger partial charge in [0, 0.05) is 44.5 Å². The van der Waals surface area contributed by atoms with Gasteiger partial charge in [-0.15, -0.1) is 0 Å². The molecule has 0 saturated carbocycles. The number of nitrogens with one attached hydrogen (secondary N) is 1. The van der Waals surface area contributed by atoms with Crippen LogP contribution in [0.15, 0.2) is 42.5 Å². The Hall–Kier alpha value is -3.20. The first kappa shape index (κ1) is 17.6. The Morgan fingerprint density at radius 2 is 1.96 bits per heavy atom. The zero-order chi connectivity index (χ0) is 18.5. The van der Waals surface area contributed by atoms with E-state index in [0.29, 0.717) is 12.1 Å². The van der Waals surface area contributed by atoms with Gasteiger partial charge in [-0.25, -0.2) is 0 Å². The molecule has 0 atom stereocenters. The molecule has 3 N–H and O–H groups in total. The van der Waals surface area contributed by atoms with Gasteiger partial charge in [0.1, 0.15) is 0 Å². The number of piperazine rings is 1. The quantitative estimate of drug-likeness (QED) is 0.829. The standard InChI is InChI=1S/C20H23N5O/c1-15(26)24-9-11-25(12-10-24)18-4-2-3-17(14-18)23-20-6-5-16(7-8-21)13-19(20)22/h2-6,13-14,23H,7,9-12,22H2,1H3. The lowest BCUT2D eigenvalue weighted by molar-refractivity contribution is -0.129. The van der Waals surface area contributed by atoms with E-state index in [1.165, 1.54) is 0 Å². The smallest absolute Gasteiger partial charge is 0.219 e. The molecule has 1 heterocycles. The van der Waals surface area contributed by atoms with Crippen LogP contribution < -0.4 is 16.0 Å². The number of rotatable bonds is 4. The fraction of sp³-hybridized carbons (Fsp3) is 0.300. The van der Waals surface area contributed by atoms with E-state index in [1.54, 1.807) is 6.92 Å². The molecule has 1 amide bonds. The third-order valence-electron chi connectivity index (χ3n) is 4.61. The van der Waals surface area contributed by atoms with Gasteiger partial charge in [-0.3, -0.25) is 4.79 Å². The fourth-order valence-electron chi connectivity index (χ4n) is 3.14. The molecular formula is C20H23N5O. The molecule has 6 heteroatoms. The number of amides is 1. The van der Waals surface area contributed by atoms with Crippen molar-refractivity contribution in [1.29, 1.82) is 5.26 Å². The minimum atomic E-state index is 0.135. The van der Waals surface area contributed by atoms with Crippen LogP contribution in [0.3, 0.4) is 0 Å². The fourth-order valence-corrected chi connectivity index (χ4v) is 3.14. The van der Waals surface area contributed by atoms with Crippen LogP contribution in [0.1, 0.15) is 12.5 Å². The van der Waals surface area contributed by atoms with Crippen LogP contribution in [0.5, 0.6) is 0 Å². The Bertz CT molecular complexity index is 834. The van der Waals surface area contributed by atoms with Gasteiger partial charge in [0.25, 0.3) is 0 Å². The topological polar surface area (TPSA) is 85.4 Å². The van der Waals surface area contributed by atoms with E-state index in [9.17, 15) is 4.79 Å². The highest BCUT2D eigenvalue weighted by Gasteiger charge is 2.18. The first-order valence-corrected chi connectivity index (χ1v) is 8.70. The van der Waals surface area contributed by atoms with Crippen molar-refractivity contribution in [3.63, 3.8) is 0 Å². The van der Waals surface area contributed by atoms with Crippen molar-refractivity contribution in [3.8, 4) is 6.07 Å². The summed E-state index contributed by atoms with van der Waals surface area (Å²) in [6.07, 6.45) is 0.353. The number of nitrogens with two attached hydrogens (primary N) is 1. The summed E-state index contributed by atoms with van der Waals surface area (Å²) in [7, 11) is 0. The summed E-state index contributed by atoms with van der Waals surface area (Å²) in [5, 5.41) is 12.1. The van der Waals surface area contributed by atoms with Gasteiger partial charge in [0.2, 0.25) is 5.91 Å². The van der Waals surface area contributed by atoms with E-state index in [-0.39, 0.29) is 5.91 Å². The SMILES string of the molecule is CC(=O)N1CCN(c2cccc(Nc3ccc(CC#N)cc3N)c2)CC1. The van der Waals surface area contributed by atoms with Crippen molar-refractivity contribution in [3.05, 3.63) is 48.0 Å². The largest absolute Gasteiger partial charge is 0.397 e. The molecule has 0 aliphatic carbocycles. The Morgan fingerprint density at radius 1 is 1.19 bits per heavy atom. The molecule has 2 aromatic rings. The number of hydrogen-bond acceptors (Lipinski definition) is 5. The number of hydrogen-bond donors (Lipinski definition) is 2. The number of benzene rings is 2. The predicted octanol–water partition coefficient (Wildman–Crippen LogP) is 2.75. The molecule has 0 bridgehead atoms. The van der Waals surface area contributed by atoms with Gasteiger partial charge in [-0.2, -0.15) is 5.26 Å². The van der Waals surface area contributed by atoms with Crippen molar-refractivity contribution in [2.45, 2.75) is 13.3 Å². The van der Waals surface area contributed by atoms with Gasteiger partial charge >= 0.3 is 0 Å². The number of anilines is 4. The van der Waals surface area contributed by atoms with Gasteiger partial charge in [0.05, 0.1) is 23.9 Å². The Balaban J connectivity index is 1.70. The highest BCUT2D eigenvalue weighted by molar-refractivity contribution is 5.75. The normalized spacial score (nSPS) is 14.0. The van der Waals surface area contributed by atoms with Crippen molar-refractivity contribution < 1.29 is 4.79 Å². The van der Waals surface area contributed by atoms with E-state index < -0.39 is 0 Å². The molecule has 0 spiro atoms. The van der Waals surface area contributed by atoms with E-state index in [0.717, 1.165) is 48.8 Å². The lowest BCUT2D eigenvalue weighted by Crippen LogP contribution is -2.48. The van der Waals surface area contributed by atoms with Crippen molar-refractivity contribution in [2.24, 2.45) is 0 Å². The van der Waals surface area contributed by atoms with Gasteiger partial charge in [-0.1, -0.05) is 12.1 Å². The predicted molar refractivity (Wildman–Crippen MR) is 104 cm³/mol. The number of carbonyl (C=O) groups excluding carboxylic acids is 1. The lowest BCUT2D eigenvalue weighted by Gasteiger charge is -2.35. The second-order valence-corrected chi connectivity index (χ2v) is 6.42. The summed E-state index contributed by atoms with van der Waals surface area (Å²) >= 11 is 0. The summed E-state index contributed by atoms with van der Waals surface area (Å²) in [6, 6.07) is 15.9. The molecular weight excluding hydrogens is 326 g/mol. The zero-order valence-corrected chi connectivity index (χ0v) is 14.9. The lowest BCUT2D eigenvalue weighted by atomic mass is 10.1. The Kier molecular flexibility index (Phi) is 5.28. The maximum absolute atomic E-state index is 11.5. The molecule has 0 radical (unpaired) electrons. The molecule has 1 saturated heterocycles. The molecule has 6 nitrogen and oxygen atoms in total. The average molecular weight is 349 g/mol. The number of carbonyl (C=O) groups is 1. The average Bonchev–Trinajstić information content (AvgIpc) is 2.64. The summed E-state index contributed by atoms with van der Waals surface area (Å²) < 4.78 is 0. The number of nitrogen functional groups attached to an aromatic ring is 1. The summed E-state index contributed by atoms with van der Waals surface area (Å²) in [5.41, 5.74) is 10.5. The molecule has 134 valence electrons. The van der Waals surface area contributed by atoms with E-state index >= 15 is 0 Å². The molecule has 1 aliphatic rings. The molecule has 3 rings (SSSR count). The molecule has 26 heavy (non-hydrogen) atoms. The number of nitrogens with zero attached hydrogens (tertiary/aromatic N) is 3. The van der Waals surface area contributed by atoms with Crippen LogP contribution in [0, 0.1) is 11.3 Å². The minimum absolute atomic E-state index is 0.135. The van der Waals surface area contributed by atoms with E-state index in [1.807, 2.05) is 35.2 Å². The van der Waals surface area contributed by atoms with Crippen molar-refractivity contribution in [2.75, 3.05) is 42.1 Å². The third-order valence-corrected chi connectivity index (χ3v) is 4.61. The highest BCUT2D eigenvalue weighted by atomic mass is 16.2. The summed E-state index contributed by atoms with van der Waals surface area (Å²) in [6.45, 7) is 4.77. The van der Waals surface area contributed by atoms with Crippen LogP contribution in [0.25, 0.3) is 0 Å². The Labute approximate surface area is 153 Å². The van der Waals surface area contributed by atoms with Gasteiger partial charge in [-0.05, 0) is 35.9 Å². The summed E-state index contributed by atoms with van der Waals surface area (Å²) in [5.74, 6) is 0.135. The maximum atomic E-state index is 11.5. The van der Waals surface area contributed by atoms with Gasteiger partial charge in [0.15, 0.2) is 0 Å². The van der Waals surface area contributed by atoms with Gasteiger partial charge < -0.3 is 20.9 Å². The van der Waals surface area contributed by atoms with Crippen molar-refractivity contribution >= 4 is 28.7 Å². The van der Waals surface area contributed by atoms with Crippen LogP contribution in [-0.4, -0.2) is 37.0 Å². The second kappa shape index (κ2) is 7.79. The first-order valence-electron chi connectivity index (χ1n) is 8.70. The highest BCUT2D eigenvalue weighted by Crippen LogP contribution is 2.27. The second-order valence-electron chi connectivity index (χ2n) is 6.42. The maximum Gasteiger partial charge on any atom is 0.219 e. The van der Waals surface area contributed by atoms with Crippen LogP contribution in [0.2, 0.25) is 0 Å². The van der Waals surface area contributed by atoms with Crippen LogP contribution in [-0.2, 0) is 11.2 Å². The first-order chi connectivity index (χ1) is 12.6. The summed E-state index contributed by atoms with van der Waals surface area (Å²) in [4.78, 5) is 15.6. The Morgan fingerprint density at radius 3 is 2.62 bits per heavy atom. The van der Waals surface area contributed by atoms with Crippen LogP contribution in [0.4, 0.5) is 22.7 Å². The third kappa shape index (κ3) is 4.06. The molecule has 0 unspecified atom stereocenters. The van der Waals surface area contributed by atoms with E-state index in [4.69, 9.17) is 11.0 Å². The molecule has 0 aromatic heterocycles. The van der Waals surface area contributed by atoms with Crippen molar-refractivity contribution in [1.82, 2.24) is 4.90 Å². The molecule has 1 fully saturated rings. The number of nitriles is 1. The molecule has 1 aliphatic heterocycles. The molecule has 2 aromatic carbocycles. The minimum Gasteiger partial charge on any atom is -0.397 e. The van der Waals surface area contributed by atoms with E-state index in [2.05, 4.69) is 28.4 Å². The monoisotopic (exact) mass is 349 g/mol. The zero-order valence-electron chi connectivity index (χ0n) is 14.9.